The van der Waals surface area contributed by atoms with E-state index in [1.165, 1.54) is 0 Å². The second kappa shape index (κ2) is 4.22. The largest absolute Gasteiger partial charge is 0.334 e. The molecule has 0 bridgehead atoms. The lowest BCUT2D eigenvalue weighted by molar-refractivity contribution is 0.628. The van der Waals surface area contributed by atoms with Crippen LogP contribution in [0.2, 0.25) is 0 Å². The highest BCUT2D eigenvalue weighted by atomic mass is 19.1. The third kappa shape index (κ3) is 1.62. The number of rotatable bonds is 0. The van der Waals surface area contributed by atoms with Crippen molar-refractivity contribution in [2.24, 2.45) is 7.05 Å². The van der Waals surface area contributed by atoms with Crippen molar-refractivity contribution in [2.75, 3.05) is 0 Å². The van der Waals surface area contributed by atoms with Gasteiger partial charge in [0.1, 0.15) is 5.52 Å². The summed E-state index contributed by atoms with van der Waals surface area (Å²) in [6.07, 6.45) is 1.62. The number of nitrogens with zero attached hydrogens (tertiary/aromatic N) is 2. The molecule has 2 rings (SSSR count). The predicted octanol–water partition coefficient (Wildman–Crippen LogP) is 3.05. The van der Waals surface area contributed by atoms with Crippen molar-refractivity contribution in [2.45, 2.75) is 20.8 Å². The zero-order valence-corrected chi connectivity index (χ0v) is 9.00. The minimum absolute atomic E-state index is 0.215. The normalized spacial score (nSPS) is 9.79. The highest BCUT2D eigenvalue weighted by Crippen LogP contribution is 2.18. The molecule has 0 unspecified atom stereocenters. The Hall–Kier alpha value is -1.38. The van der Waals surface area contributed by atoms with E-state index < -0.39 is 0 Å². The van der Waals surface area contributed by atoms with Gasteiger partial charge < -0.3 is 4.57 Å². The molecule has 1 aromatic carbocycles. The van der Waals surface area contributed by atoms with E-state index in [-0.39, 0.29) is 5.82 Å². The number of hydrogen-bond acceptors (Lipinski definition) is 1. The van der Waals surface area contributed by atoms with Gasteiger partial charge >= 0.3 is 0 Å². The van der Waals surface area contributed by atoms with Gasteiger partial charge in [-0.25, -0.2) is 9.37 Å². The SMILES string of the molecule is CC.Cc1ccc2c(ncn2C)c1F. The van der Waals surface area contributed by atoms with Crippen LogP contribution in [0.5, 0.6) is 0 Å². The van der Waals surface area contributed by atoms with Crippen LogP contribution in [0.3, 0.4) is 0 Å². The van der Waals surface area contributed by atoms with Gasteiger partial charge in [-0.15, -0.1) is 0 Å². The van der Waals surface area contributed by atoms with Gasteiger partial charge in [0, 0.05) is 7.05 Å². The van der Waals surface area contributed by atoms with Gasteiger partial charge in [-0.3, -0.25) is 0 Å². The lowest BCUT2D eigenvalue weighted by Gasteiger charge is -1.97. The Labute approximate surface area is 83.4 Å². The lowest BCUT2D eigenvalue weighted by Crippen LogP contribution is -1.87. The minimum Gasteiger partial charge on any atom is -0.334 e. The number of halogens is 1. The van der Waals surface area contributed by atoms with Crippen LogP contribution in [-0.4, -0.2) is 9.55 Å². The molecule has 1 heterocycles. The Morgan fingerprint density at radius 3 is 2.57 bits per heavy atom. The Morgan fingerprint density at radius 2 is 1.93 bits per heavy atom. The van der Waals surface area contributed by atoms with Crippen LogP contribution in [0.1, 0.15) is 19.4 Å². The molecule has 0 radical (unpaired) electrons. The van der Waals surface area contributed by atoms with E-state index in [2.05, 4.69) is 4.98 Å². The Bertz CT molecular complexity index is 432. The quantitative estimate of drug-likeness (QED) is 0.630. The highest BCUT2D eigenvalue weighted by Gasteiger charge is 2.06. The first-order valence-corrected chi connectivity index (χ1v) is 4.76. The molecule has 0 N–H and O–H groups in total. The van der Waals surface area contributed by atoms with Gasteiger partial charge in [-0.05, 0) is 18.6 Å². The summed E-state index contributed by atoms with van der Waals surface area (Å²) in [7, 11) is 1.85. The molecule has 76 valence electrons. The zero-order valence-electron chi connectivity index (χ0n) is 9.00. The molecule has 14 heavy (non-hydrogen) atoms. The van der Waals surface area contributed by atoms with Gasteiger partial charge in [0.15, 0.2) is 5.82 Å². The van der Waals surface area contributed by atoms with E-state index in [0.29, 0.717) is 11.1 Å². The number of aromatic nitrogens is 2. The van der Waals surface area contributed by atoms with Crippen molar-refractivity contribution < 1.29 is 4.39 Å². The van der Waals surface area contributed by atoms with E-state index in [4.69, 9.17) is 0 Å². The molecule has 0 aliphatic heterocycles. The van der Waals surface area contributed by atoms with Gasteiger partial charge in [0.2, 0.25) is 0 Å². The fourth-order valence-corrected chi connectivity index (χ4v) is 1.27. The summed E-state index contributed by atoms with van der Waals surface area (Å²) in [5.41, 5.74) is 1.93. The van der Waals surface area contributed by atoms with Gasteiger partial charge in [0.05, 0.1) is 11.8 Å². The minimum atomic E-state index is -0.215. The number of benzene rings is 1. The van der Waals surface area contributed by atoms with Crippen LogP contribution in [-0.2, 0) is 7.05 Å². The standard InChI is InChI=1S/C9H9FN2.C2H6/c1-6-3-4-7-9(8(6)10)11-5-12(7)2;1-2/h3-5H,1-2H3;1-2H3. The number of aryl methyl sites for hydroxylation is 2. The molecule has 2 aromatic rings. The summed E-state index contributed by atoms with van der Waals surface area (Å²) in [6.45, 7) is 5.74. The zero-order chi connectivity index (χ0) is 10.7. The van der Waals surface area contributed by atoms with Crippen molar-refractivity contribution >= 4 is 11.0 Å². The first-order valence-electron chi connectivity index (χ1n) is 4.76. The molecule has 0 amide bonds. The molecule has 3 heteroatoms. The predicted molar refractivity (Wildman–Crippen MR) is 56.8 cm³/mol. The molecule has 0 aliphatic rings. The smallest absolute Gasteiger partial charge is 0.153 e. The van der Waals surface area contributed by atoms with E-state index in [1.807, 2.05) is 27.0 Å². The fraction of sp³-hybridized carbons (Fsp3) is 0.364. The Balaban J connectivity index is 0.000000461. The molecular weight excluding hydrogens is 179 g/mol. The monoisotopic (exact) mass is 194 g/mol. The lowest BCUT2D eigenvalue weighted by atomic mass is 10.2. The van der Waals surface area contributed by atoms with E-state index in [9.17, 15) is 4.39 Å². The van der Waals surface area contributed by atoms with E-state index in [0.717, 1.165) is 5.52 Å². The van der Waals surface area contributed by atoms with E-state index >= 15 is 0 Å². The van der Waals surface area contributed by atoms with Crippen LogP contribution in [0, 0.1) is 12.7 Å². The maximum atomic E-state index is 13.3. The molecule has 2 nitrogen and oxygen atoms in total. The second-order valence-electron chi connectivity index (χ2n) is 2.92. The molecule has 0 spiro atoms. The molecule has 0 saturated heterocycles. The summed E-state index contributed by atoms with van der Waals surface area (Å²) in [6, 6.07) is 3.64. The summed E-state index contributed by atoms with van der Waals surface area (Å²) in [4.78, 5) is 3.97. The van der Waals surface area contributed by atoms with Crippen LogP contribution in [0.25, 0.3) is 11.0 Å². The number of hydrogen-bond donors (Lipinski definition) is 0. The Kier molecular flexibility index (Phi) is 3.23. The third-order valence-electron chi connectivity index (χ3n) is 2.03. The Morgan fingerprint density at radius 1 is 1.29 bits per heavy atom. The highest BCUT2D eigenvalue weighted by molar-refractivity contribution is 5.76. The van der Waals surface area contributed by atoms with Crippen LogP contribution in [0.4, 0.5) is 4.39 Å². The molecule has 0 fully saturated rings. The fourth-order valence-electron chi connectivity index (χ4n) is 1.27. The molecule has 1 aromatic heterocycles. The summed E-state index contributed by atoms with van der Waals surface area (Å²) in [5.74, 6) is -0.215. The average Bonchev–Trinajstić information content (AvgIpc) is 2.58. The van der Waals surface area contributed by atoms with Gasteiger partial charge in [-0.2, -0.15) is 0 Å². The maximum absolute atomic E-state index is 13.3. The van der Waals surface area contributed by atoms with Crippen molar-refractivity contribution in [3.8, 4) is 0 Å². The van der Waals surface area contributed by atoms with Crippen LogP contribution >= 0.6 is 0 Å². The molecular formula is C11H15FN2. The van der Waals surface area contributed by atoms with Crippen molar-refractivity contribution in [1.82, 2.24) is 9.55 Å². The summed E-state index contributed by atoms with van der Waals surface area (Å²) < 4.78 is 15.1. The second-order valence-corrected chi connectivity index (χ2v) is 2.92. The number of fused-ring (bicyclic) bond motifs is 1. The van der Waals surface area contributed by atoms with Crippen molar-refractivity contribution in [3.63, 3.8) is 0 Å². The first kappa shape index (κ1) is 10.7. The van der Waals surface area contributed by atoms with Gasteiger partial charge in [-0.1, -0.05) is 19.9 Å². The molecule has 0 atom stereocenters. The van der Waals surface area contributed by atoms with E-state index in [1.54, 1.807) is 23.9 Å². The maximum Gasteiger partial charge on any atom is 0.153 e. The summed E-state index contributed by atoms with van der Waals surface area (Å²) >= 11 is 0. The average molecular weight is 194 g/mol. The van der Waals surface area contributed by atoms with Crippen molar-refractivity contribution in [3.05, 3.63) is 29.8 Å². The third-order valence-corrected chi connectivity index (χ3v) is 2.03. The van der Waals surface area contributed by atoms with Gasteiger partial charge in [0.25, 0.3) is 0 Å². The van der Waals surface area contributed by atoms with Crippen LogP contribution < -0.4 is 0 Å². The first-order chi connectivity index (χ1) is 6.70. The molecule has 0 saturated carbocycles. The summed E-state index contributed by atoms with van der Waals surface area (Å²) in [5, 5.41) is 0. The topological polar surface area (TPSA) is 17.8 Å². The van der Waals surface area contributed by atoms with Crippen LogP contribution in [0.15, 0.2) is 18.5 Å². The van der Waals surface area contributed by atoms with Crippen molar-refractivity contribution in [1.29, 1.82) is 0 Å². The molecule has 0 aliphatic carbocycles. The number of imidazole rings is 1.